The zero-order chi connectivity index (χ0) is 11.1. The maximum atomic E-state index is 6.16. The van der Waals surface area contributed by atoms with Gasteiger partial charge in [-0.25, -0.2) is 4.99 Å². The highest BCUT2D eigenvalue weighted by Crippen LogP contribution is 2.35. The molecule has 0 saturated heterocycles. The molecule has 2 heterocycles. The number of aliphatic imine (C=N–C) groups is 1. The summed E-state index contributed by atoms with van der Waals surface area (Å²) in [5.41, 5.74) is 1.89. The van der Waals surface area contributed by atoms with Crippen LogP contribution in [0.1, 0.15) is 5.56 Å². The first kappa shape index (κ1) is 9.94. The van der Waals surface area contributed by atoms with Gasteiger partial charge in [-0.05, 0) is 24.3 Å². The Morgan fingerprint density at radius 2 is 2.06 bits per heavy atom. The smallest absolute Gasteiger partial charge is 0.133 e. The molecule has 80 valence electrons. The molecule has 0 aromatic heterocycles. The number of halogens is 2. The first-order valence-electron chi connectivity index (χ1n) is 4.92. The molecule has 16 heavy (non-hydrogen) atoms. The molecule has 0 atom stereocenters. The largest absolute Gasteiger partial charge is 0.328 e. The standard InChI is InChI=1S/C12H8Cl2N2/c13-8-5-10(14)9-7-16-4-2-1-3-12(16)15-11(9)6-8/h1-6H,7H2. The molecule has 2 aliphatic heterocycles. The van der Waals surface area contributed by atoms with E-state index in [1.54, 1.807) is 6.07 Å². The second-order valence-corrected chi connectivity index (χ2v) is 4.53. The Bertz CT molecular complexity index is 544. The van der Waals surface area contributed by atoms with Crippen molar-refractivity contribution in [2.45, 2.75) is 6.54 Å². The lowest BCUT2D eigenvalue weighted by molar-refractivity contribution is 0.544. The molecule has 0 amide bonds. The van der Waals surface area contributed by atoms with Gasteiger partial charge < -0.3 is 4.90 Å². The number of fused-ring (bicyclic) bond motifs is 2. The predicted molar refractivity (Wildman–Crippen MR) is 67.4 cm³/mol. The van der Waals surface area contributed by atoms with Crippen molar-refractivity contribution in [1.29, 1.82) is 0 Å². The molecular formula is C12H8Cl2N2. The van der Waals surface area contributed by atoms with Gasteiger partial charge in [0.1, 0.15) is 5.84 Å². The van der Waals surface area contributed by atoms with Gasteiger partial charge in [0.25, 0.3) is 0 Å². The van der Waals surface area contributed by atoms with E-state index in [4.69, 9.17) is 23.2 Å². The maximum absolute atomic E-state index is 6.16. The Labute approximate surface area is 103 Å². The van der Waals surface area contributed by atoms with Crippen LogP contribution < -0.4 is 0 Å². The Hall–Kier alpha value is -1.25. The van der Waals surface area contributed by atoms with Crippen LogP contribution in [0.15, 0.2) is 41.6 Å². The Morgan fingerprint density at radius 1 is 1.19 bits per heavy atom. The molecule has 0 aliphatic carbocycles. The van der Waals surface area contributed by atoms with Crippen molar-refractivity contribution < 1.29 is 0 Å². The summed E-state index contributed by atoms with van der Waals surface area (Å²) in [6.45, 7) is 0.741. The van der Waals surface area contributed by atoms with Crippen LogP contribution in [0.4, 0.5) is 5.69 Å². The molecule has 2 nitrogen and oxygen atoms in total. The molecular weight excluding hydrogens is 243 g/mol. The van der Waals surface area contributed by atoms with Crippen LogP contribution >= 0.6 is 23.2 Å². The van der Waals surface area contributed by atoms with Crippen molar-refractivity contribution in [3.8, 4) is 0 Å². The monoisotopic (exact) mass is 250 g/mol. The summed E-state index contributed by atoms with van der Waals surface area (Å²) >= 11 is 12.1. The Morgan fingerprint density at radius 3 is 2.94 bits per heavy atom. The van der Waals surface area contributed by atoms with Crippen molar-refractivity contribution in [3.05, 3.63) is 52.2 Å². The number of nitrogens with zero attached hydrogens (tertiary/aromatic N) is 2. The van der Waals surface area contributed by atoms with Crippen molar-refractivity contribution in [2.24, 2.45) is 4.99 Å². The quantitative estimate of drug-likeness (QED) is 0.682. The number of rotatable bonds is 0. The lowest BCUT2D eigenvalue weighted by atomic mass is 10.1. The number of allylic oxidation sites excluding steroid dienone is 2. The van der Waals surface area contributed by atoms with Crippen LogP contribution in [0, 0.1) is 0 Å². The molecule has 1 aromatic rings. The van der Waals surface area contributed by atoms with Crippen molar-refractivity contribution in [3.63, 3.8) is 0 Å². The Balaban J connectivity index is 2.17. The Kier molecular flexibility index (Phi) is 2.27. The van der Waals surface area contributed by atoms with Gasteiger partial charge in [-0.1, -0.05) is 29.3 Å². The van der Waals surface area contributed by atoms with Gasteiger partial charge in [-0.3, -0.25) is 0 Å². The van der Waals surface area contributed by atoms with E-state index >= 15 is 0 Å². The third-order valence-corrected chi connectivity index (χ3v) is 3.17. The van der Waals surface area contributed by atoms with Gasteiger partial charge in [0.05, 0.1) is 12.2 Å². The van der Waals surface area contributed by atoms with Gasteiger partial charge in [0.2, 0.25) is 0 Å². The summed E-state index contributed by atoms with van der Waals surface area (Å²) in [6, 6.07) is 3.60. The summed E-state index contributed by atoms with van der Waals surface area (Å²) in [5, 5.41) is 1.30. The van der Waals surface area contributed by atoms with E-state index in [2.05, 4.69) is 9.89 Å². The van der Waals surface area contributed by atoms with Crippen LogP contribution in [-0.2, 0) is 6.54 Å². The van der Waals surface area contributed by atoms with Crippen LogP contribution in [-0.4, -0.2) is 10.7 Å². The summed E-state index contributed by atoms with van der Waals surface area (Å²) in [4.78, 5) is 6.58. The average molecular weight is 251 g/mol. The van der Waals surface area contributed by atoms with E-state index < -0.39 is 0 Å². The van der Waals surface area contributed by atoms with Gasteiger partial charge in [-0.15, -0.1) is 0 Å². The number of hydrogen-bond donors (Lipinski definition) is 0. The minimum atomic E-state index is 0.622. The predicted octanol–water partition coefficient (Wildman–Crippen LogP) is 3.92. The van der Waals surface area contributed by atoms with E-state index in [1.165, 1.54) is 0 Å². The van der Waals surface area contributed by atoms with Crippen LogP contribution in [0.3, 0.4) is 0 Å². The summed E-state index contributed by atoms with van der Waals surface area (Å²) in [6.07, 6.45) is 7.91. The highest BCUT2D eigenvalue weighted by molar-refractivity contribution is 6.35. The van der Waals surface area contributed by atoms with Gasteiger partial charge in [0.15, 0.2) is 0 Å². The molecule has 2 aliphatic rings. The first-order valence-corrected chi connectivity index (χ1v) is 5.68. The first-order chi connectivity index (χ1) is 7.74. The molecule has 0 spiro atoms. The molecule has 0 N–H and O–H groups in total. The minimum absolute atomic E-state index is 0.622. The van der Waals surface area contributed by atoms with Gasteiger partial charge >= 0.3 is 0 Å². The van der Waals surface area contributed by atoms with Crippen molar-refractivity contribution in [1.82, 2.24) is 4.90 Å². The summed E-state index contributed by atoms with van der Waals surface area (Å²) < 4.78 is 0. The zero-order valence-corrected chi connectivity index (χ0v) is 9.83. The molecule has 1 aromatic carbocycles. The van der Waals surface area contributed by atoms with Crippen LogP contribution in [0.2, 0.25) is 10.0 Å². The molecule has 0 fully saturated rings. The lowest BCUT2D eigenvalue weighted by Crippen LogP contribution is -2.27. The number of benzene rings is 1. The highest BCUT2D eigenvalue weighted by atomic mass is 35.5. The third-order valence-electron chi connectivity index (χ3n) is 2.62. The van der Waals surface area contributed by atoms with Crippen LogP contribution in [0.25, 0.3) is 0 Å². The minimum Gasteiger partial charge on any atom is -0.328 e. The molecule has 0 radical (unpaired) electrons. The highest BCUT2D eigenvalue weighted by Gasteiger charge is 2.20. The molecule has 0 saturated carbocycles. The average Bonchev–Trinajstić information content (AvgIpc) is 2.27. The fourth-order valence-electron chi connectivity index (χ4n) is 1.84. The van der Waals surface area contributed by atoms with Gasteiger partial charge in [-0.2, -0.15) is 0 Å². The van der Waals surface area contributed by atoms with E-state index in [1.807, 2.05) is 30.5 Å². The fraction of sp³-hybridized carbons (Fsp3) is 0.0833. The molecule has 0 bridgehead atoms. The van der Waals surface area contributed by atoms with Gasteiger partial charge in [0, 0.05) is 21.8 Å². The third kappa shape index (κ3) is 1.55. The second kappa shape index (κ2) is 3.65. The van der Waals surface area contributed by atoms with Crippen LogP contribution in [0.5, 0.6) is 0 Å². The fourth-order valence-corrected chi connectivity index (χ4v) is 2.38. The van der Waals surface area contributed by atoms with E-state index in [-0.39, 0.29) is 0 Å². The number of hydrogen-bond acceptors (Lipinski definition) is 2. The topological polar surface area (TPSA) is 15.6 Å². The SMILES string of the molecule is Clc1cc(Cl)c2c(c1)N=C1C=CC=CN1C2. The van der Waals surface area contributed by atoms with Crippen molar-refractivity contribution >= 4 is 34.7 Å². The number of amidine groups is 1. The maximum Gasteiger partial charge on any atom is 0.133 e. The lowest BCUT2D eigenvalue weighted by Gasteiger charge is -2.28. The zero-order valence-electron chi connectivity index (χ0n) is 8.32. The molecule has 0 unspecified atom stereocenters. The van der Waals surface area contributed by atoms with E-state index in [0.717, 1.165) is 23.6 Å². The second-order valence-electron chi connectivity index (χ2n) is 3.68. The van der Waals surface area contributed by atoms with E-state index in [0.29, 0.717) is 10.0 Å². The molecule has 3 rings (SSSR count). The van der Waals surface area contributed by atoms with Crippen molar-refractivity contribution in [2.75, 3.05) is 0 Å². The normalized spacial score (nSPS) is 16.9. The summed E-state index contributed by atoms with van der Waals surface area (Å²) in [5.74, 6) is 0.924. The molecule has 4 heteroatoms. The summed E-state index contributed by atoms with van der Waals surface area (Å²) in [7, 11) is 0. The van der Waals surface area contributed by atoms with E-state index in [9.17, 15) is 0 Å².